The van der Waals surface area contributed by atoms with Crippen molar-refractivity contribution in [3.63, 3.8) is 0 Å². The fourth-order valence-electron chi connectivity index (χ4n) is 4.67. The summed E-state index contributed by atoms with van der Waals surface area (Å²) in [6, 6.07) is 3.55. The number of rotatable bonds is 10. The van der Waals surface area contributed by atoms with E-state index in [0.29, 0.717) is 21.5 Å². The largest absolute Gasteiger partial charge is 0.468 e. The van der Waals surface area contributed by atoms with Crippen LogP contribution in [0.25, 0.3) is 0 Å². The average molecular weight is 546 g/mol. The van der Waals surface area contributed by atoms with Gasteiger partial charge in [-0.25, -0.2) is 9.78 Å². The number of hydrogen-bond acceptors (Lipinski definition) is 6. The van der Waals surface area contributed by atoms with Gasteiger partial charge in [0.2, 0.25) is 0 Å². The Bertz CT molecular complexity index is 1020. The van der Waals surface area contributed by atoms with Gasteiger partial charge in [0.15, 0.2) is 13.4 Å². The minimum absolute atomic E-state index is 0.0164. The second-order valence-electron chi connectivity index (χ2n) is 9.43. The van der Waals surface area contributed by atoms with Crippen molar-refractivity contribution in [1.29, 1.82) is 0 Å². The van der Waals surface area contributed by atoms with Gasteiger partial charge in [0.1, 0.15) is 5.92 Å². The van der Waals surface area contributed by atoms with Crippen LogP contribution in [0.4, 0.5) is 28.8 Å². The van der Waals surface area contributed by atoms with Crippen LogP contribution in [0.1, 0.15) is 57.9 Å². The number of anilines is 2. The van der Waals surface area contributed by atoms with Crippen molar-refractivity contribution in [2.75, 3.05) is 24.4 Å². The molecule has 12 heteroatoms. The van der Waals surface area contributed by atoms with Crippen LogP contribution in [0.15, 0.2) is 30.5 Å². The van der Waals surface area contributed by atoms with Crippen LogP contribution in [-0.4, -0.2) is 39.0 Å². The lowest BCUT2D eigenvalue weighted by molar-refractivity contribution is -0.143. The predicted octanol–water partition coefficient (Wildman–Crippen LogP) is 7.25. The summed E-state index contributed by atoms with van der Waals surface area (Å²) >= 11 is 1.08. The molecule has 0 radical (unpaired) electrons. The number of alkyl halides is 3. The Hall–Kier alpha value is -2.44. The van der Waals surface area contributed by atoms with Crippen molar-refractivity contribution in [3.05, 3.63) is 40.9 Å². The van der Waals surface area contributed by atoms with Crippen LogP contribution < -0.4 is 10.6 Å². The second kappa shape index (κ2) is 12.2. The molecule has 2 N–H and O–H groups in total. The average Bonchev–Trinajstić information content (AvgIpc) is 3.22. The lowest BCUT2D eigenvalue weighted by Crippen LogP contribution is -2.48. The zero-order valence-electron chi connectivity index (χ0n) is 21.5. The Labute approximate surface area is 214 Å². The molecule has 1 aromatic heterocycles. The first-order chi connectivity index (χ1) is 16.7. The molecule has 1 atom stereocenters. The molecular formula is C24H34F3N3O4SSi. The highest BCUT2D eigenvalue weighted by Crippen LogP contribution is 2.43. The topological polar surface area (TPSA) is 89.6 Å². The first kappa shape index (κ1) is 29.8. The van der Waals surface area contributed by atoms with Gasteiger partial charge in [0, 0.05) is 16.8 Å². The van der Waals surface area contributed by atoms with E-state index in [9.17, 15) is 22.8 Å². The SMILES string of the molecule is COC(=O)C(CO[Si](C(C)C)(C(C)C)C(C)C)c1cnc(NC(=O)Nc2cccc(C(F)(F)F)c2)s1. The third kappa shape index (κ3) is 7.07. The van der Waals surface area contributed by atoms with Crippen LogP contribution >= 0.6 is 11.3 Å². The molecular weight excluding hydrogens is 511 g/mol. The zero-order chi connectivity index (χ0) is 27.3. The molecule has 36 heavy (non-hydrogen) atoms. The van der Waals surface area contributed by atoms with Gasteiger partial charge in [0.05, 0.1) is 19.3 Å². The third-order valence-electron chi connectivity index (χ3n) is 6.23. The number of halogens is 3. The first-order valence-corrected chi connectivity index (χ1v) is 14.6. The number of ether oxygens (including phenoxy) is 1. The molecule has 0 fully saturated rings. The fraction of sp³-hybridized carbons (Fsp3) is 0.542. The molecule has 0 aliphatic rings. The normalized spacial score (nSPS) is 13.2. The summed E-state index contributed by atoms with van der Waals surface area (Å²) in [7, 11) is -0.944. The van der Waals surface area contributed by atoms with Crippen LogP contribution in [0.3, 0.4) is 0 Å². The molecule has 2 rings (SSSR count). The smallest absolute Gasteiger partial charge is 0.416 e. The van der Waals surface area contributed by atoms with Crippen LogP contribution in [0, 0.1) is 0 Å². The van der Waals surface area contributed by atoms with Crippen molar-refractivity contribution in [1.82, 2.24) is 4.98 Å². The monoisotopic (exact) mass is 545 g/mol. The zero-order valence-corrected chi connectivity index (χ0v) is 23.3. The van der Waals surface area contributed by atoms with Crippen molar-refractivity contribution >= 4 is 42.5 Å². The summed E-state index contributed by atoms with van der Waals surface area (Å²) in [6.45, 7) is 13.0. The van der Waals surface area contributed by atoms with E-state index in [1.54, 1.807) is 0 Å². The summed E-state index contributed by atoms with van der Waals surface area (Å²) in [5, 5.41) is 5.05. The Morgan fingerprint density at radius 2 is 1.67 bits per heavy atom. The Balaban J connectivity index is 2.17. The molecule has 7 nitrogen and oxygen atoms in total. The molecule has 0 aliphatic heterocycles. The quantitative estimate of drug-likeness (QED) is 0.242. The van der Waals surface area contributed by atoms with Gasteiger partial charge in [-0.3, -0.25) is 10.1 Å². The van der Waals surface area contributed by atoms with Crippen molar-refractivity contribution in [3.8, 4) is 0 Å². The van der Waals surface area contributed by atoms with Gasteiger partial charge in [-0.2, -0.15) is 13.2 Å². The maximum atomic E-state index is 12.9. The lowest BCUT2D eigenvalue weighted by Gasteiger charge is -2.42. The van der Waals surface area contributed by atoms with Crippen LogP contribution in [0.5, 0.6) is 0 Å². The number of hydrogen-bond donors (Lipinski definition) is 2. The maximum absolute atomic E-state index is 12.9. The van der Waals surface area contributed by atoms with Gasteiger partial charge in [-0.1, -0.05) is 47.6 Å². The number of methoxy groups -OCH3 is 1. The molecule has 200 valence electrons. The number of carbonyl (C=O) groups excluding carboxylic acids is 2. The number of thiazole rings is 1. The molecule has 2 aromatic rings. The molecule has 0 saturated carbocycles. The Morgan fingerprint density at radius 1 is 1.06 bits per heavy atom. The number of nitrogens with one attached hydrogen (secondary N) is 2. The number of urea groups is 1. The standard InChI is InChI=1S/C24H34F3N3O4SSi/c1-14(2)36(15(3)4,16(5)6)34-13-19(21(31)33-7)20-12-28-23(35-20)30-22(32)29-18-10-8-9-17(11-18)24(25,26)27/h8-12,14-16,19H,13H2,1-7H3,(H2,28,29,30,32). The Kier molecular flexibility index (Phi) is 10.1. The van der Waals surface area contributed by atoms with Crippen LogP contribution in [0.2, 0.25) is 16.6 Å². The minimum atomic E-state index is -4.52. The van der Waals surface area contributed by atoms with Gasteiger partial charge in [-0.05, 0) is 34.8 Å². The second-order valence-corrected chi connectivity index (χ2v) is 16.0. The van der Waals surface area contributed by atoms with E-state index in [-0.39, 0.29) is 17.4 Å². The predicted molar refractivity (Wildman–Crippen MR) is 138 cm³/mol. The molecule has 0 aliphatic carbocycles. The molecule has 1 unspecified atom stereocenters. The maximum Gasteiger partial charge on any atom is 0.416 e. The Morgan fingerprint density at radius 3 is 2.19 bits per heavy atom. The van der Waals surface area contributed by atoms with Gasteiger partial charge >= 0.3 is 18.2 Å². The number of carbonyl (C=O) groups is 2. The molecule has 2 amide bonds. The van der Waals surface area contributed by atoms with Crippen molar-refractivity contribution < 1.29 is 31.9 Å². The number of esters is 1. The van der Waals surface area contributed by atoms with E-state index >= 15 is 0 Å². The highest BCUT2D eigenvalue weighted by Gasteiger charge is 2.46. The molecule has 1 aromatic carbocycles. The molecule has 0 spiro atoms. The van der Waals surface area contributed by atoms with Gasteiger partial charge in [0.25, 0.3) is 0 Å². The van der Waals surface area contributed by atoms with E-state index in [4.69, 9.17) is 9.16 Å². The highest BCUT2D eigenvalue weighted by molar-refractivity contribution is 7.16. The lowest BCUT2D eigenvalue weighted by atomic mass is 10.1. The number of nitrogens with zero attached hydrogens (tertiary/aromatic N) is 1. The van der Waals surface area contributed by atoms with Gasteiger partial charge in [-0.15, -0.1) is 11.3 Å². The van der Waals surface area contributed by atoms with E-state index in [2.05, 4.69) is 57.2 Å². The highest BCUT2D eigenvalue weighted by atomic mass is 32.1. The van der Waals surface area contributed by atoms with E-state index < -0.39 is 38.0 Å². The van der Waals surface area contributed by atoms with Crippen molar-refractivity contribution in [2.45, 2.75) is 70.3 Å². The number of aromatic nitrogens is 1. The summed E-state index contributed by atoms with van der Waals surface area (Å²) in [5.74, 6) is -1.20. The van der Waals surface area contributed by atoms with Crippen molar-refractivity contribution in [2.24, 2.45) is 0 Å². The summed E-state index contributed by atoms with van der Waals surface area (Å²) in [5.41, 5.74) is 0.0935. The molecule has 1 heterocycles. The first-order valence-electron chi connectivity index (χ1n) is 11.6. The van der Waals surface area contributed by atoms with E-state index in [1.807, 2.05) is 0 Å². The number of amides is 2. The summed E-state index contributed by atoms with van der Waals surface area (Å²) in [6.07, 6.45) is -3.05. The summed E-state index contributed by atoms with van der Waals surface area (Å²) in [4.78, 5) is 29.7. The summed E-state index contributed by atoms with van der Waals surface area (Å²) < 4.78 is 50.3. The van der Waals surface area contributed by atoms with E-state index in [1.165, 1.54) is 25.4 Å². The molecule has 0 bridgehead atoms. The third-order valence-corrected chi connectivity index (χ3v) is 13.3. The van der Waals surface area contributed by atoms with Crippen LogP contribution in [-0.2, 0) is 20.1 Å². The number of benzene rings is 1. The minimum Gasteiger partial charge on any atom is -0.468 e. The molecule has 0 saturated heterocycles. The van der Waals surface area contributed by atoms with Gasteiger partial charge < -0.3 is 14.5 Å². The van der Waals surface area contributed by atoms with E-state index in [0.717, 1.165) is 23.5 Å². The fourth-order valence-corrected chi connectivity index (χ4v) is 11.0.